The predicted molar refractivity (Wildman–Crippen MR) is 128 cm³/mol. The van der Waals surface area contributed by atoms with Crippen molar-refractivity contribution < 1.29 is 14.4 Å². The fraction of sp³-hybridized carbons (Fsp3) is 0.0833. The molecule has 0 atom stereocenters. The molecule has 0 spiro atoms. The van der Waals surface area contributed by atoms with Crippen LogP contribution in [0.1, 0.15) is 11.1 Å². The highest BCUT2D eigenvalue weighted by atomic mass is 35.5. The Bertz CT molecular complexity index is 1320. The lowest BCUT2D eigenvalue weighted by Gasteiger charge is -2.14. The molecule has 3 aromatic carbocycles. The van der Waals surface area contributed by atoms with Crippen molar-refractivity contribution in [2.75, 3.05) is 12.5 Å². The number of hydrogen-bond acceptors (Lipinski definition) is 7. The normalized spacial score (nSPS) is 11.0. The third-order valence-corrected chi connectivity index (χ3v) is 5.14. The first-order valence-corrected chi connectivity index (χ1v) is 10.3. The number of nitro groups is 1. The molecule has 0 bridgehead atoms. The van der Waals surface area contributed by atoms with Crippen LogP contribution in [0.3, 0.4) is 0 Å². The summed E-state index contributed by atoms with van der Waals surface area (Å²) in [5.41, 5.74) is 4.33. The molecule has 0 radical (unpaired) electrons. The molecular weight excluding hydrogens is 444 g/mol. The largest absolute Gasteiger partial charge is 0.493 e. The molecule has 1 N–H and O–H groups in total. The number of anilines is 1. The van der Waals surface area contributed by atoms with E-state index in [0.29, 0.717) is 34.5 Å². The molecule has 33 heavy (non-hydrogen) atoms. The molecule has 1 heterocycles. The Balaban J connectivity index is 1.48. The van der Waals surface area contributed by atoms with Crippen molar-refractivity contribution in [1.29, 1.82) is 0 Å². The lowest BCUT2D eigenvalue weighted by atomic mass is 10.1. The standard InChI is InChI=1S/C24H19ClN4O4/c1-32-22-12-16(13-27-28-23-10-9-19(14-26-23)29(30)31)11-21(25)24(22)33-15-18-7-4-6-17-5-2-3-8-20(17)18/h2-14H,15H2,1H3,(H,26,28)/b27-13+. The molecule has 0 saturated heterocycles. The Morgan fingerprint density at radius 1 is 1.15 bits per heavy atom. The van der Waals surface area contributed by atoms with Crippen molar-refractivity contribution in [3.63, 3.8) is 0 Å². The fourth-order valence-corrected chi connectivity index (χ4v) is 3.53. The highest BCUT2D eigenvalue weighted by Crippen LogP contribution is 2.37. The van der Waals surface area contributed by atoms with E-state index in [1.165, 1.54) is 25.5 Å². The highest BCUT2D eigenvalue weighted by Gasteiger charge is 2.13. The second-order valence-corrected chi connectivity index (χ2v) is 7.40. The van der Waals surface area contributed by atoms with Gasteiger partial charge in [-0.3, -0.25) is 15.5 Å². The van der Waals surface area contributed by atoms with Gasteiger partial charge in [0.15, 0.2) is 11.5 Å². The molecule has 4 rings (SSSR count). The third-order valence-electron chi connectivity index (χ3n) is 4.86. The summed E-state index contributed by atoms with van der Waals surface area (Å²) in [6.45, 7) is 0.332. The summed E-state index contributed by atoms with van der Waals surface area (Å²) in [7, 11) is 1.54. The van der Waals surface area contributed by atoms with Crippen LogP contribution in [-0.4, -0.2) is 23.2 Å². The number of nitrogens with one attached hydrogen (secondary N) is 1. The minimum atomic E-state index is -0.516. The van der Waals surface area contributed by atoms with Crippen molar-refractivity contribution >= 4 is 40.1 Å². The van der Waals surface area contributed by atoms with Crippen LogP contribution < -0.4 is 14.9 Å². The van der Waals surface area contributed by atoms with E-state index < -0.39 is 4.92 Å². The number of aromatic nitrogens is 1. The SMILES string of the molecule is COc1cc(/C=N/Nc2ccc([N+](=O)[O-])cn2)cc(Cl)c1OCc1cccc2ccccc12. The zero-order valence-electron chi connectivity index (χ0n) is 17.6. The van der Waals surface area contributed by atoms with Gasteiger partial charge in [-0.25, -0.2) is 4.98 Å². The van der Waals surface area contributed by atoms with Gasteiger partial charge >= 0.3 is 0 Å². The number of rotatable bonds is 8. The minimum Gasteiger partial charge on any atom is -0.493 e. The van der Waals surface area contributed by atoms with Crippen LogP contribution in [0, 0.1) is 10.1 Å². The van der Waals surface area contributed by atoms with Gasteiger partial charge in [-0.05, 0) is 40.1 Å². The predicted octanol–water partition coefficient (Wildman–Crippen LogP) is 5.83. The smallest absolute Gasteiger partial charge is 0.287 e. The molecule has 0 aliphatic rings. The van der Waals surface area contributed by atoms with Gasteiger partial charge in [-0.2, -0.15) is 5.10 Å². The topological polar surface area (TPSA) is 98.9 Å². The maximum absolute atomic E-state index is 10.7. The number of halogens is 1. The number of benzene rings is 3. The molecule has 0 fully saturated rings. The van der Waals surface area contributed by atoms with Crippen LogP contribution in [0.25, 0.3) is 10.8 Å². The second-order valence-electron chi connectivity index (χ2n) is 6.99. The van der Waals surface area contributed by atoms with Crippen LogP contribution in [0.15, 0.2) is 78.0 Å². The first-order valence-electron chi connectivity index (χ1n) is 9.91. The van der Waals surface area contributed by atoms with E-state index in [2.05, 4.69) is 33.7 Å². The summed E-state index contributed by atoms with van der Waals surface area (Å²) in [5, 5.41) is 17.4. The van der Waals surface area contributed by atoms with Crippen LogP contribution >= 0.6 is 11.6 Å². The summed E-state index contributed by atoms with van der Waals surface area (Å²) in [5.74, 6) is 1.27. The van der Waals surface area contributed by atoms with Gasteiger partial charge < -0.3 is 9.47 Å². The van der Waals surface area contributed by atoms with E-state index in [9.17, 15) is 10.1 Å². The van der Waals surface area contributed by atoms with Gasteiger partial charge in [0.1, 0.15) is 18.6 Å². The molecular formula is C24H19ClN4O4. The average Bonchev–Trinajstić information content (AvgIpc) is 2.83. The number of hydrazone groups is 1. The summed E-state index contributed by atoms with van der Waals surface area (Å²) in [4.78, 5) is 14.1. The molecule has 0 aliphatic carbocycles. The van der Waals surface area contributed by atoms with Crippen molar-refractivity contribution in [1.82, 2.24) is 4.98 Å². The van der Waals surface area contributed by atoms with Crippen LogP contribution in [-0.2, 0) is 6.61 Å². The van der Waals surface area contributed by atoms with E-state index in [0.717, 1.165) is 22.5 Å². The van der Waals surface area contributed by atoms with Gasteiger partial charge in [0.05, 0.1) is 23.3 Å². The molecule has 1 aromatic heterocycles. The summed E-state index contributed by atoms with van der Waals surface area (Å²) in [6, 6.07) is 20.4. The Morgan fingerprint density at radius 3 is 2.73 bits per heavy atom. The summed E-state index contributed by atoms with van der Waals surface area (Å²) < 4.78 is 11.5. The molecule has 0 unspecified atom stereocenters. The van der Waals surface area contributed by atoms with E-state index in [-0.39, 0.29) is 5.69 Å². The van der Waals surface area contributed by atoms with Crippen molar-refractivity contribution in [2.45, 2.75) is 6.61 Å². The average molecular weight is 463 g/mol. The minimum absolute atomic E-state index is 0.0971. The zero-order chi connectivity index (χ0) is 23.2. The lowest BCUT2D eigenvalue weighted by Crippen LogP contribution is -2.00. The van der Waals surface area contributed by atoms with Gasteiger partial charge in [0.25, 0.3) is 5.69 Å². The van der Waals surface area contributed by atoms with Crippen LogP contribution in [0.5, 0.6) is 11.5 Å². The molecule has 166 valence electrons. The van der Waals surface area contributed by atoms with E-state index in [1.54, 1.807) is 12.1 Å². The Hall–Kier alpha value is -4.17. The number of pyridine rings is 1. The number of hydrogen-bond donors (Lipinski definition) is 1. The van der Waals surface area contributed by atoms with Gasteiger partial charge in [-0.1, -0.05) is 54.1 Å². The van der Waals surface area contributed by atoms with Crippen LogP contribution in [0.2, 0.25) is 5.02 Å². The summed E-state index contributed by atoms with van der Waals surface area (Å²) in [6.07, 6.45) is 2.69. The number of nitrogens with zero attached hydrogens (tertiary/aromatic N) is 3. The number of fused-ring (bicyclic) bond motifs is 1. The maximum Gasteiger partial charge on any atom is 0.287 e. The highest BCUT2D eigenvalue weighted by molar-refractivity contribution is 6.32. The Labute approximate surface area is 194 Å². The van der Waals surface area contributed by atoms with Gasteiger partial charge in [-0.15, -0.1) is 0 Å². The van der Waals surface area contributed by atoms with E-state index in [4.69, 9.17) is 21.1 Å². The van der Waals surface area contributed by atoms with Crippen molar-refractivity contribution in [3.8, 4) is 11.5 Å². The molecule has 9 heteroatoms. The Morgan fingerprint density at radius 2 is 1.97 bits per heavy atom. The third kappa shape index (κ3) is 5.19. The zero-order valence-corrected chi connectivity index (χ0v) is 18.3. The first-order chi connectivity index (χ1) is 16.0. The molecule has 0 amide bonds. The van der Waals surface area contributed by atoms with Crippen molar-refractivity contribution in [2.24, 2.45) is 5.10 Å². The first kappa shape index (κ1) is 22.0. The Kier molecular flexibility index (Phi) is 6.66. The number of ether oxygens (including phenoxy) is 2. The van der Waals surface area contributed by atoms with E-state index >= 15 is 0 Å². The summed E-state index contributed by atoms with van der Waals surface area (Å²) >= 11 is 6.48. The van der Waals surface area contributed by atoms with Crippen molar-refractivity contribution in [3.05, 3.63) is 99.2 Å². The quantitative estimate of drug-likeness (QED) is 0.201. The maximum atomic E-state index is 10.7. The molecule has 0 saturated carbocycles. The van der Waals surface area contributed by atoms with Gasteiger partial charge in [0, 0.05) is 6.07 Å². The van der Waals surface area contributed by atoms with Crippen LogP contribution in [0.4, 0.5) is 11.5 Å². The second kappa shape index (κ2) is 9.97. The lowest BCUT2D eigenvalue weighted by molar-refractivity contribution is -0.385. The molecule has 8 nitrogen and oxygen atoms in total. The van der Waals surface area contributed by atoms with E-state index in [1.807, 2.05) is 24.3 Å². The monoisotopic (exact) mass is 462 g/mol. The molecule has 4 aromatic rings. The van der Waals surface area contributed by atoms with Gasteiger partial charge in [0.2, 0.25) is 0 Å². The number of methoxy groups -OCH3 is 1. The molecule has 0 aliphatic heterocycles. The fourth-order valence-electron chi connectivity index (χ4n) is 3.26.